The van der Waals surface area contributed by atoms with Crippen LogP contribution in [0.15, 0.2) is 15.9 Å². The molecule has 98 valence electrons. The lowest BCUT2D eigenvalue weighted by Crippen LogP contribution is -2.34. The minimum Gasteiger partial charge on any atom is -0.355 e. The van der Waals surface area contributed by atoms with E-state index in [1.165, 1.54) is 24.1 Å². The van der Waals surface area contributed by atoms with E-state index in [-0.39, 0.29) is 0 Å². The summed E-state index contributed by atoms with van der Waals surface area (Å²) in [5.41, 5.74) is 0. The molecule has 2 bridgehead atoms. The number of thiophene rings is 1. The van der Waals surface area contributed by atoms with Crippen molar-refractivity contribution in [2.45, 2.75) is 32.1 Å². The predicted octanol–water partition coefficient (Wildman–Crippen LogP) is 3.61. The topological polar surface area (TPSA) is 29.1 Å². The molecule has 2 fully saturated rings. The summed E-state index contributed by atoms with van der Waals surface area (Å²) in [5, 5.41) is 3.12. The second-order valence-electron chi connectivity index (χ2n) is 5.53. The number of fused-ring (bicyclic) bond motifs is 2. The van der Waals surface area contributed by atoms with Gasteiger partial charge in [-0.3, -0.25) is 4.79 Å². The van der Waals surface area contributed by atoms with E-state index in [4.69, 9.17) is 0 Å². The summed E-state index contributed by atoms with van der Waals surface area (Å²) in [4.78, 5) is 13.4. The Hall–Kier alpha value is -0.350. The van der Waals surface area contributed by atoms with E-state index in [1.54, 1.807) is 11.3 Å². The minimum absolute atomic E-state index is 0.304. The van der Waals surface area contributed by atoms with E-state index in [0.717, 1.165) is 29.1 Å². The molecule has 3 unspecified atom stereocenters. The SMILES string of the molecule is O=C(NCCc1ccc(Br)s1)C1CC2CCC1C2. The third kappa shape index (κ3) is 2.64. The van der Waals surface area contributed by atoms with Gasteiger partial charge in [-0.15, -0.1) is 11.3 Å². The van der Waals surface area contributed by atoms with Crippen LogP contribution in [0.5, 0.6) is 0 Å². The molecule has 0 radical (unpaired) electrons. The van der Waals surface area contributed by atoms with Gasteiger partial charge in [0, 0.05) is 17.3 Å². The van der Waals surface area contributed by atoms with Crippen LogP contribution in [-0.2, 0) is 11.2 Å². The number of hydrogen-bond donors (Lipinski definition) is 1. The van der Waals surface area contributed by atoms with Crippen LogP contribution in [0.2, 0.25) is 0 Å². The minimum atomic E-state index is 0.304. The molecule has 0 aromatic carbocycles. The van der Waals surface area contributed by atoms with Gasteiger partial charge in [0.25, 0.3) is 0 Å². The highest BCUT2D eigenvalue weighted by molar-refractivity contribution is 9.11. The van der Waals surface area contributed by atoms with E-state index in [9.17, 15) is 4.79 Å². The first-order valence-electron chi connectivity index (χ1n) is 6.74. The number of rotatable bonds is 4. The molecule has 2 aliphatic rings. The van der Waals surface area contributed by atoms with Crippen molar-refractivity contribution >= 4 is 33.2 Å². The smallest absolute Gasteiger partial charge is 0.223 e. The van der Waals surface area contributed by atoms with Crippen LogP contribution >= 0.6 is 27.3 Å². The zero-order valence-electron chi connectivity index (χ0n) is 10.3. The molecular formula is C14H18BrNOS. The molecule has 0 aliphatic heterocycles. The van der Waals surface area contributed by atoms with Crippen LogP contribution in [0.1, 0.15) is 30.6 Å². The highest BCUT2D eigenvalue weighted by Gasteiger charge is 2.42. The van der Waals surface area contributed by atoms with E-state index in [1.807, 2.05) is 0 Å². The lowest BCUT2D eigenvalue weighted by molar-refractivity contribution is -0.126. The molecule has 1 heterocycles. The van der Waals surface area contributed by atoms with Gasteiger partial charge in [-0.1, -0.05) is 6.42 Å². The average molecular weight is 328 g/mol. The molecule has 3 rings (SSSR count). The maximum atomic E-state index is 12.1. The Labute approximate surface area is 120 Å². The molecule has 2 saturated carbocycles. The number of hydrogen-bond acceptors (Lipinski definition) is 2. The Bertz CT molecular complexity index is 445. The van der Waals surface area contributed by atoms with Gasteiger partial charge in [0.1, 0.15) is 0 Å². The van der Waals surface area contributed by atoms with Crippen molar-refractivity contribution in [2.24, 2.45) is 17.8 Å². The zero-order valence-corrected chi connectivity index (χ0v) is 12.7. The molecule has 1 aromatic rings. The Balaban J connectivity index is 1.44. The van der Waals surface area contributed by atoms with Crippen LogP contribution in [-0.4, -0.2) is 12.5 Å². The van der Waals surface area contributed by atoms with E-state index < -0.39 is 0 Å². The fourth-order valence-corrected chi connectivity index (χ4v) is 4.97. The van der Waals surface area contributed by atoms with Crippen LogP contribution < -0.4 is 5.32 Å². The largest absolute Gasteiger partial charge is 0.355 e. The van der Waals surface area contributed by atoms with Crippen molar-refractivity contribution in [3.05, 3.63) is 20.8 Å². The quantitative estimate of drug-likeness (QED) is 0.899. The van der Waals surface area contributed by atoms with Crippen molar-refractivity contribution < 1.29 is 4.79 Å². The van der Waals surface area contributed by atoms with E-state index in [0.29, 0.717) is 17.7 Å². The molecule has 3 atom stereocenters. The molecule has 18 heavy (non-hydrogen) atoms. The van der Waals surface area contributed by atoms with Crippen LogP contribution in [0.3, 0.4) is 0 Å². The van der Waals surface area contributed by atoms with Crippen LogP contribution in [0.25, 0.3) is 0 Å². The molecule has 1 N–H and O–H groups in total. The molecule has 2 aliphatic carbocycles. The van der Waals surface area contributed by atoms with Crippen molar-refractivity contribution in [3.8, 4) is 0 Å². The summed E-state index contributed by atoms with van der Waals surface area (Å²) in [6, 6.07) is 4.19. The first kappa shape index (κ1) is 12.7. The Morgan fingerprint density at radius 1 is 1.39 bits per heavy atom. The highest BCUT2D eigenvalue weighted by atomic mass is 79.9. The number of carbonyl (C=O) groups is 1. The summed E-state index contributed by atoms with van der Waals surface area (Å²) >= 11 is 5.21. The molecule has 4 heteroatoms. The number of halogens is 1. The summed E-state index contributed by atoms with van der Waals surface area (Å²) in [7, 11) is 0. The van der Waals surface area contributed by atoms with Crippen LogP contribution in [0.4, 0.5) is 0 Å². The summed E-state index contributed by atoms with van der Waals surface area (Å²) in [5.74, 6) is 2.15. The van der Waals surface area contributed by atoms with Gasteiger partial charge in [-0.2, -0.15) is 0 Å². The van der Waals surface area contributed by atoms with E-state index >= 15 is 0 Å². The van der Waals surface area contributed by atoms with Crippen molar-refractivity contribution in [1.29, 1.82) is 0 Å². The zero-order chi connectivity index (χ0) is 12.5. The monoisotopic (exact) mass is 327 g/mol. The molecular weight excluding hydrogens is 310 g/mol. The Morgan fingerprint density at radius 2 is 2.28 bits per heavy atom. The summed E-state index contributed by atoms with van der Waals surface area (Å²) in [6.45, 7) is 0.777. The van der Waals surface area contributed by atoms with E-state index in [2.05, 4.69) is 33.4 Å². The van der Waals surface area contributed by atoms with Gasteiger partial charge in [0.2, 0.25) is 5.91 Å². The van der Waals surface area contributed by atoms with Gasteiger partial charge in [-0.05, 0) is 65.6 Å². The fourth-order valence-electron chi connectivity index (χ4n) is 3.49. The first-order chi connectivity index (χ1) is 8.72. The maximum absolute atomic E-state index is 12.1. The van der Waals surface area contributed by atoms with Crippen molar-refractivity contribution in [3.63, 3.8) is 0 Å². The van der Waals surface area contributed by atoms with Crippen molar-refractivity contribution in [1.82, 2.24) is 5.32 Å². The standard InChI is InChI=1S/C14H18BrNOS/c15-13-4-3-11(18-13)5-6-16-14(17)12-8-9-1-2-10(12)7-9/h3-4,9-10,12H,1-2,5-8H2,(H,16,17). The first-order valence-corrected chi connectivity index (χ1v) is 8.35. The number of nitrogens with one attached hydrogen (secondary N) is 1. The summed E-state index contributed by atoms with van der Waals surface area (Å²) < 4.78 is 1.16. The lowest BCUT2D eigenvalue weighted by atomic mass is 9.88. The summed E-state index contributed by atoms with van der Waals surface area (Å²) in [6.07, 6.45) is 6.03. The molecule has 1 amide bonds. The Morgan fingerprint density at radius 3 is 2.89 bits per heavy atom. The highest BCUT2D eigenvalue weighted by Crippen LogP contribution is 2.48. The molecule has 0 spiro atoms. The second-order valence-corrected chi connectivity index (χ2v) is 8.08. The third-order valence-electron chi connectivity index (χ3n) is 4.37. The predicted molar refractivity (Wildman–Crippen MR) is 77.7 cm³/mol. The van der Waals surface area contributed by atoms with Crippen molar-refractivity contribution in [2.75, 3.05) is 6.54 Å². The molecule has 0 saturated heterocycles. The maximum Gasteiger partial charge on any atom is 0.223 e. The average Bonchev–Trinajstić information content (AvgIpc) is 3.05. The fraction of sp³-hybridized carbons (Fsp3) is 0.643. The van der Waals surface area contributed by atoms with Crippen LogP contribution in [0, 0.1) is 17.8 Å². The molecule has 2 nitrogen and oxygen atoms in total. The van der Waals surface area contributed by atoms with Gasteiger partial charge >= 0.3 is 0 Å². The van der Waals surface area contributed by atoms with Gasteiger partial charge < -0.3 is 5.32 Å². The third-order valence-corrected chi connectivity index (χ3v) is 6.06. The second kappa shape index (κ2) is 5.33. The normalized spacial score (nSPS) is 29.7. The molecule has 1 aromatic heterocycles. The number of carbonyl (C=O) groups excluding carboxylic acids is 1. The Kier molecular flexibility index (Phi) is 3.76. The van der Waals surface area contributed by atoms with Gasteiger partial charge in [0.15, 0.2) is 0 Å². The van der Waals surface area contributed by atoms with Gasteiger partial charge in [-0.25, -0.2) is 0 Å². The van der Waals surface area contributed by atoms with Gasteiger partial charge in [0.05, 0.1) is 3.79 Å². The lowest BCUT2D eigenvalue weighted by Gasteiger charge is -2.20. The number of amides is 1.